The fourth-order valence-corrected chi connectivity index (χ4v) is 10.00. The van der Waals surface area contributed by atoms with Gasteiger partial charge in [-0.3, -0.25) is 0 Å². The molecule has 0 aliphatic heterocycles. The van der Waals surface area contributed by atoms with Gasteiger partial charge in [0.1, 0.15) is 11.2 Å². The van der Waals surface area contributed by atoms with Gasteiger partial charge in [-0.1, -0.05) is 170 Å². The van der Waals surface area contributed by atoms with Crippen LogP contribution in [0.2, 0.25) is 0 Å². The molecule has 0 saturated carbocycles. The van der Waals surface area contributed by atoms with E-state index in [0.29, 0.717) is 0 Å². The highest BCUT2D eigenvalue weighted by Crippen LogP contribution is 2.63. The average molecular weight is 726 g/mol. The largest absolute Gasteiger partial charge is 0.456 e. The van der Waals surface area contributed by atoms with Crippen LogP contribution in [0.15, 0.2) is 217 Å². The lowest BCUT2D eigenvalue weighted by Gasteiger charge is -2.33. The van der Waals surface area contributed by atoms with E-state index >= 15 is 0 Å². The molecule has 0 amide bonds. The van der Waals surface area contributed by atoms with Gasteiger partial charge in [0.15, 0.2) is 0 Å². The van der Waals surface area contributed by atoms with Crippen LogP contribution in [0, 0.1) is 0 Å². The second-order valence-electron chi connectivity index (χ2n) is 15.2. The fraction of sp³-hybridized carbons (Fsp3) is 0.0182. The third-order valence-corrected chi connectivity index (χ3v) is 12.3. The van der Waals surface area contributed by atoms with Crippen molar-refractivity contribution in [3.8, 4) is 44.5 Å². The maximum atomic E-state index is 6.43. The lowest BCUT2D eigenvalue weighted by atomic mass is 9.70. The number of fused-ring (bicyclic) bond motifs is 13. The van der Waals surface area contributed by atoms with E-state index in [1.807, 2.05) is 6.07 Å². The van der Waals surface area contributed by atoms with Crippen LogP contribution in [0.5, 0.6) is 0 Å². The van der Waals surface area contributed by atoms with Crippen LogP contribution in [-0.4, -0.2) is 0 Å². The predicted octanol–water partition coefficient (Wildman–Crippen LogP) is 14.7. The topological polar surface area (TPSA) is 16.4 Å². The van der Waals surface area contributed by atoms with Crippen molar-refractivity contribution in [2.24, 2.45) is 0 Å². The molecule has 1 heterocycles. The van der Waals surface area contributed by atoms with E-state index in [1.54, 1.807) is 0 Å². The molecule has 2 heteroatoms. The third kappa shape index (κ3) is 4.53. The normalized spacial score (nSPS) is 13.1. The molecule has 1 spiro atoms. The quantitative estimate of drug-likeness (QED) is 0.176. The van der Waals surface area contributed by atoms with Crippen LogP contribution in [0.25, 0.3) is 66.4 Å². The minimum absolute atomic E-state index is 0.451. The Labute approximate surface area is 331 Å². The van der Waals surface area contributed by atoms with Crippen LogP contribution in [0.1, 0.15) is 22.3 Å². The maximum Gasteiger partial charge on any atom is 0.136 e. The van der Waals surface area contributed by atoms with Crippen LogP contribution >= 0.6 is 0 Å². The molecule has 0 bridgehead atoms. The first-order valence-corrected chi connectivity index (χ1v) is 19.7. The Hall–Kier alpha value is -7.42. The highest BCUT2D eigenvalue weighted by molar-refractivity contribution is 6.14. The first-order valence-electron chi connectivity index (χ1n) is 19.7. The number of hydrogen-bond acceptors (Lipinski definition) is 2. The van der Waals surface area contributed by atoms with E-state index in [2.05, 4.69) is 211 Å². The molecular formula is C55H35NO. The highest BCUT2D eigenvalue weighted by Gasteiger charge is 2.51. The van der Waals surface area contributed by atoms with E-state index in [0.717, 1.165) is 50.1 Å². The summed E-state index contributed by atoms with van der Waals surface area (Å²) >= 11 is 0. The monoisotopic (exact) mass is 725 g/mol. The smallest absolute Gasteiger partial charge is 0.136 e. The molecule has 9 aromatic carbocycles. The summed E-state index contributed by atoms with van der Waals surface area (Å²) in [5, 5.41) is 2.24. The van der Waals surface area contributed by atoms with E-state index in [-0.39, 0.29) is 0 Å². The summed E-state index contributed by atoms with van der Waals surface area (Å²) < 4.78 is 6.43. The standard InChI is InChI=1S/C55H35NO/c1-2-16-36(17-3-1)37-18-14-19-38(34-37)56(51-29-12-7-23-44(51)45-25-15-31-53-54(45)46-24-8-13-30-52(46)57-53)39-32-33-43-42-22-6-11-28-49(42)55(50(43)35-39)47-26-9-4-20-40(47)41-21-5-10-27-48(41)55/h1-35H. The number of rotatable bonds is 5. The van der Waals surface area contributed by atoms with Gasteiger partial charge in [-0.2, -0.15) is 0 Å². The summed E-state index contributed by atoms with van der Waals surface area (Å²) in [5.41, 5.74) is 19.7. The van der Waals surface area contributed by atoms with Gasteiger partial charge in [-0.05, 0) is 104 Å². The molecule has 2 aliphatic rings. The molecule has 0 radical (unpaired) electrons. The van der Waals surface area contributed by atoms with Crippen molar-refractivity contribution >= 4 is 39.0 Å². The summed E-state index contributed by atoms with van der Waals surface area (Å²) in [6, 6.07) is 77.5. The number of furan rings is 1. The second kappa shape index (κ2) is 12.3. The maximum absolute atomic E-state index is 6.43. The van der Waals surface area contributed by atoms with Crippen LogP contribution < -0.4 is 4.90 Å². The van der Waals surface area contributed by atoms with Gasteiger partial charge in [0, 0.05) is 27.7 Å². The van der Waals surface area contributed by atoms with Gasteiger partial charge in [0.2, 0.25) is 0 Å². The number of nitrogens with zero attached hydrogens (tertiary/aromatic N) is 1. The van der Waals surface area contributed by atoms with Gasteiger partial charge >= 0.3 is 0 Å². The Morgan fingerprint density at radius 3 is 1.60 bits per heavy atom. The van der Waals surface area contributed by atoms with Crippen molar-refractivity contribution in [3.05, 3.63) is 235 Å². The van der Waals surface area contributed by atoms with Gasteiger partial charge in [-0.15, -0.1) is 0 Å². The van der Waals surface area contributed by atoms with E-state index < -0.39 is 5.41 Å². The van der Waals surface area contributed by atoms with Crippen molar-refractivity contribution in [1.82, 2.24) is 0 Å². The van der Waals surface area contributed by atoms with Crippen LogP contribution in [-0.2, 0) is 5.41 Å². The van der Waals surface area contributed by atoms with Gasteiger partial charge < -0.3 is 9.32 Å². The average Bonchev–Trinajstić information content (AvgIpc) is 3.91. The number of hydrogen-bond donors (Lipinski definition) is 0. The Balaban J connectivity index is 1.15. The molecule has 2 aliphatic carbocycles. The Morgan fingerprint density at radius 2 is 0.860 bits per heavy atom. The highest BCUT2D eigenvalue weighted by atomic mass is 16.3. The minimum atomic E-state index is -0.451. The molecule has 1 aromatic heterocycles. The predicted molar refractivity (Wildman–Crippen MR) is 236 cm³/mol. The van der Waals surface area contributed by atoms with Gasteiger partial charge in [0.25, 0.3) is 0 Å². The van der Waals surface area contributed by atoms with E-state index in [1.165, 1.54) is 55.6 Å². The lowest BCUT2D eigenvalue weighted by molar-refractivity contribution is 0.669. The van der Waals surface area contributed by atoms with Crippen molar-refractivity contribution in [2.75, 3.05) is 4.90 Å². The molecule has 0 fully saturated rings. The summed E-state index contributed by atoms with van der Waals surface area (Å²) in [6.07, 6.45) is 0. The second-order valence-corrected chi connectivity index (χ2v) is 15.2. The first kappa shape index (κ1) is 31.9. The van der Waals surface area contributed by atoms with E-state index in [4.69, 9.17) is 4.42 Å². The first-order chi connectivity index (χ1) is 28.3. The fourth-order valence-electron chi connectivity index (χ4n) is 10.00. The summed E-state index contributed by atoms with van der Waals surface area (Å²) in [4.78, 5) is 2.46. The van der Waals surface area contributed by atoms with Crippen LogP contribution in [0.4, 0.5) is 17.1 Å². The molecule has 10 aromatic rings. The summed E-state index contributed by atoms with van der Waals surface area (Å²) in [5.74, 6) is 0. The molecule has 57 heavy (non-hydrogen) atoms. The molecule has 266 valence electrons. The zero-order valence-electron chi connectivity index (χ0n) is 31.1. The Bertz CT molecular complexity index is 3140. The summed E-state index contributed by atoms with van der Waals surface area (Å²) in [7, 11) is 0. The number of anilines is 3. The van der Waals surface area contributed by atoms with Crippen LogP contribution in [0.3, 0.4) is 0 Å². The molecule has 0 unspecified atom stereocenters. The zero-order valence-corrected chi connectivity index (χ0v) is 31.1. The zero-order chi connectivity index (χ0) is 37.5. The molecule has 2 nitrogen and oxygen atoms in total. The lowest BCUT2D eigenvalue weighted by Crippen LogP contribution is -2.26. The molecule has 0 N–H and O–H groups in total. The van der Waals surface area contributed by atoms with Crippen molar-refractivity contribution in [2.45, 2.75) is 5.41 Å². The molecule has 0 saturated heterocycles. The summed E-state index contributed by atoms with van der Waals surface area (Å²) in [6.45, 7) is 0. The van der Waals surface area contributed by atoms with Crippen molar-refractivity contribution in [1.29, 1.82) is 0 Å². The van der Waals surface area contributed by atoms with Crippen molar-refractivity contribution < 1.29 is 4.42 Å². The number of para-hydroxylation sites is 2. The SMILES string of the molecule is c1ccc(-c2cccc(N(c3ccc4c(c3)C3(c5ccccc5-c5ccccc53)c3ccccc3-4)c3ccccc3-c3cccc4oc5ccccc5c34)c2)cc1. The third-order valence-electron chi connectivity index (χ3n) is 12.3. The molecule has 12 rings (SSSR count). The van der Waals surface area contributed by atoms with Gasteiger partial charge in [0.05, 0.1) is 11.1 Å². The minimum Gasteiger partial charge on any atom is -0.456 e. The van der Waals surface area contributed by atoms with Gasteiger partial charge in [-0.25, -0.2) is 0 Å². The molecular weight excluding hydrogens is 691 g/mol. The van der Waals surface area contributed by atoms with Crippen molar-refractivity contribution in [3.63, 3.8) is 0 Å². The Morgan fingerprint density at radius 1 is 0.333 bits per heavy atom. The number of benzene rings is 9. The molecule has 0 atom stereocenters. The Kier molecular flexibility index (Phi) is 6.88. The van der Waals surface area contributed by atoms with E-state index in [9.17, 15) is 0 Å².